The molecule has 0 unspecified atom stereocenters. The number of fused-ring (bicyclic) bond motifs is 1. The summed E-state index contributed by atoms with van der Waals surface area (Å²) in [5, 5.41) is 13.3. The first kappa shape index (κ1) is 11.4. The molecule has 0 radical (unpaired) electrons. The second kappa shape index (κ2) is 4.51. The summed E-state index contributed by atoms with van der Waals surface area (Å²) in [5.74, 6) is 1.05. The Labute approximate surface area is 107 Å². The van der Waals surface area contributed by atoms with Crippen molar-refractivity contribution in [2.24, 2.45) is 10.8 Å². The van der Waals surface area contributed by atoms with Crippen molar-refractivity contribution in [1.82, 2.24) is 14.9 Å². The zero-order chi connectivity index (χ0) is 12.5. The van der Waals surface area contributed by atoms with Crippen LogP contribution in [-0.2, 0) is 0 Å². The van der Waals surface area contributed by atoms with E-state index < -0.39 is 0 Å². The van der Waals surface area contributed by atoms with Gasteiger partial charge in [0.25, 0.3) is 0 Å². The Hall–Kier alpha value is -1.73. The van der Waals surface area contributed by atoms with E-state index in [1.165, 1.54) is 12.1 Å². The Bertz CT molecular complexity index is 604. The average molecular weight is 263 g/mol. The molecule has 0 aliphatic carbocycles. The summed E-state index contributed by atoms with van der Waals surface area (Å²) >= 11 is 1.54. The lowest BCUT2D eigenvalue weighted by molar-refractivity contribution is 0.628. The van der Waals surface area contributed by atoms with E-state index in [4.69, 9.17) is 5.73 Å². The first-order chi connectivity index (χ1) is 8.78. The second-order valence-electron chi connectivity index (χ2n) is 3.78. The molecule has 1 aliphatic heterocycles. The highest BCUT2D eigenvalue weighted by atomic mass is 32.2. The topological polar surface area (TPSA) is 69.1 Å². The van der Waals surface area contributed by atoms with Gasteiger partial charge < -0.3 is 5.73 Å². The molecule has 0 saturated heterocycles. The van der Waals surface area contributed by atoms with Gasteiger partial charge in [-0.15, -0.1) is 10.2 Å². The van der Waals surface area contributed by atoms with Crippen molar-refractivity contribution >= 4 is 17.5 Å². The van der Waals surface area contributed by atoms with Gasteiger partial charge in [0.05, 0.1) is 5.71 Å². The SMILES string of the molecule is NCC1=Nn2c(nnc2-c2ccc(F)cc2)SC1. The lowest BCUT2D eigenvalue weighted by Gasteiger charge is -2.12. The number of benzene rings is 1. The van der Waals surface area contributed by atoms with Gasteiger partial charge in [0, 0.05) is 17.9 Å². The van der Waals surface area contributed by atoms with Gasteiger partial charge in [-0.1, -0.05) is 11.8 Å². The number of hydrogen-bond acceptors (Lipinski definition) is 5. The third-order valence-electron chi connectivity index (χ3n) is 2.56. The largest absolute Gasteiger partial charge is 0.325 e. The fraction of sp³-hybridized carbons (Fsp3) is 0.182. The van der Waals surface area contributed by atoms with Crippen LogP contribution in [0, 0.1) is 5.82 Å². The highest BCUT2D eigenvalue weighted by Crippen LogP contribution is 2.26. The van der Waals surface area contributed by atoms with Gasteiger partial charge in [-0.2, -0.15) is 9.78 Å². The number of nitrogens with two attached hydrogens (primary N) is 1. The average Bonchev–Trinajstić information content (AvgIpc) is 2.82. The van der Waals surface area contributed by atoms with Gasteiger partial charge in [-0.3, -0.25) is 0 Å². The zero-order valence-corrected chi connectivity index (χ0v) is 10.2. The number of thioether (sulfide) groups is 1. The Morgan fingerprint density at radius 3 is 2.78 bits per heavy atom. The van der Waals surface area contributed by atoms with E-state index in [-0.39, 0.29) is 5.82 Å². The van der Waals surface area contributed by atoms with Crippen LogP contribution >= 0.6 is 11.8 Å². The molecule has 3 rings (SSSR count). The maximum absolute atomic E-state index is 12.9. The Kier molecular flexibility index (Phi) is 2.85. The number of aromatic nitrogens is 3. The standard InChI is InChI=1S/C11H10FN5S/c12-8-3-1-7(2-4-8)10-14-15-11-17(10)16-9(5-13)6-18-11/h1-4H,5-6,13H2. The molecule has 1 aromatic carbocycles. The summed E-state index contributed by atoms with van der Waals surface area (Å²) in [5.41, 5.74) is 7.25. The molecule has 0 spiro atoms. The van der Waals surface area contributed by atoms with Gasteiger partial charge in [0.2, 0.25) is 5.16 Å². The molecular formula is C11H10FN5S. The minimum Gasteiger partial charge on any atom is -0.325 e. The molecule has 0 fully saturated rings. The van der Waals surface area contributed by atoms with E-state index in [2.05, 4.69) is 15.3 Å². The Morgan fingerprint density at radius 1 is 1.28 bits per heavy atom. The Balaban J connectivity index is 2.08. The first-order valence-corrected chi connectivity index (χ1v) is 6.37. The predicted octanol–water partition coefficient (Wildman–Crippen LogP) is 1.35. The molecule has 7 heteroatoms. The smallest absolute Gasteiger partial charge is 0.212 e. The maximum Gasteiger partial charge on any atom is 0.212 e. The molecule has 0 bridgehead atoms. The van der Waals surface area contributed by atoms with Gasteiger partial charge in [0.15, 0.2) is 5.82 Å². The molecule has 0 amide bonds. The van der Waals surface area contributed by atoms with Crippen LogP contribution in [0.2, 0.25) is 0 Å². The number of rotatable bonds is 2. The van der Waals surface area contributed by atoms with Crippen LogP contribution in [0.3, 0.4) is 0 Å². The molecule has 1 aromatic heterocycles. The second-order valence-corrected chi connectivity index (χ2v) is 4.73. The number of nitrogens with zero attached hydrogens (tertiary/aromatic N) is 4. The van der Waals surface area contributed by atoms with Crippen LogP contribution in [0.4, 0.5) is 4.39 Å². The lowest BCUT2D eigenvalue weighted by atomic mass is 10.2. The van der Waals surface area contributed by atoms with E-state index in [9.17, 15) is 4.39 Å². The van der Waals surface area contributed by atoms with E-state index in [0.29, 0.717) is 12.4 Å². The van der Waals surface area contributed by atoms with Crippen molar-refractivity contribution in [2.45, 2.75) is 5.16 Å². The van der Waals surface area contributed by atoms with Gasteiger partial charge in [-0.05, 0) is 24.3 Å². The number of hydrogen-bond donors (Lipinski definition) is 1. The predicted molar refractivity (Wildman–Crippen MR) is 68.0 cm³/mol. The maximum atomic E-state index is 12.9. The fourth-order valence-electron chi connectivity index (χ4n) is 1.64. The molecule has 1 aliphatic rings. The van der Waals surface area contributed by atoms with E-state index >= 15 is 0 Å². The van der Waals surface area contributed by atoms with Crippen LogP contribution in [0.5, 0.6) is 0 Å². The van der Waals surface area contributed by atoms with E-state index in [0.717, 1.165) is 22.2 Å². The molecular weight excluding hydrogens is 253 g/mol. The van der Waals surface area contributed by atoms with E-state index in [1.807, 2.05) is 0 Å². The summed E-state index contributed by atoms with van der Waals surface area (Å²) in [7, 11) is 0. The van der Waals surface area contributed by atoms with Crippen molar-refractivity contribution < 1.29 is 4.39 Å². The molecule has 2 N–H and O–H groups in total. The van der Waals surface area contributed by atoms with Gasteiger partial charge in [0.1, 0.15) is 5.82 Å². The van der Waals surface area contributed by atoms with Crippen molar-refractivity contribution in [3.8, 4) is 11.4 Å². The van der Waals surface area contributed by atoms with E-state index in [1.54, 1.807) is 28.6 Å². The molecule has 0 atom stereocenters. The van der Waals surface area contributed by atoms with Crippen LogP contribution in [-0.4, -0.2) is 32.9 Å². The van der Waals surface area contributed by atoms with Crippen LogP contribution < -0.4 is 5.73 Å². The number of halogens is 1. The van der Waals surface area contributed by atoms with Crippen LogP contribution in [0.15, 0.2) is 34.5 Å². The first-order valence-electron chi connectivity index (χ1n) is 5.39. The summed E-state index contributed by atoms with van der Waals surface area (Å²) in [6.07, 6.45) is 0. The van der Waals surface area contributed by atoms with Gasteiger partial charge in [-0.25, -0.2) is 4.39 Å². The van der Waals surface area contributed by atoms with Gasteiger partial charge >= 0.3 is 0 Å². The summed E-state index contributed by atoms with van der Waals surface area (Å²) in [6.45, 7) is 0.410. The van der Waals surface area contributed by atoms with Crippen molar-refractivity contribution in [3.63, 3.8) is 0 Å². The van der Waals surface area contributed by atoms with Crippen molar-refractivity contribution in [3.05, 3.63) is 30.1 Å². The van der Waals surface area contributed by atoms with Crippen LogP contribution in [0.1, 0.15) is 0 Å². The molecule has 92 valence electrons. The minimum atomic E-state index is -0.280. The third kappa shape index (κ3) is 1.91. The summed E-state index contributed by atoms with van der Waals surface area (Å²) < 4.78 is 14.5. The lowest BCUT2D eigenvalue weighted by Crippen LogP contribution is -2.21. The molecule has 5 nitrogen and oxygen atoms in total. The summed E-state index contributed by atoms with van der Waals surface area (Å²) in [4.78, 5) is 0. The highest BCUT2D eigenvalue weighted by Gasteiger charge is 2.19. The quantitative estimate of drug-likeness (QED) is 0.888. The fourth-order valence-corrected chi connectivity index (χ4v) is 2.46. The molecule has 2 heterocycles. The highest BCUT2D eigenvalue weighted by molar-refractivity contribution is 7.99. The Morgan fingerprint density at radius 2 is 2.06 bits per heavy atom. The zero-order valence-electron chi connectivity index (χ0n) is 9.38. The molecule has 18 heavy (non-hydrogen) atoms. The minimum absolute atomic E-state index is 0.280. The summed E-state index contributed by atoms with van der Waals surface area (Å²) in [6, 6.07) is 6.09. The third-order valence-corrected chi connectivity index (χ3v) is 3.55. The monoisotopic (exact) mass is 263 g/mol. The molecule has 2 aromatic rings. The van der Waals surface area contributed by atoms with Crippen molar-refractivity contribution in [1.29, 1.82) is 0 Å². The van der Waals surface area contributed by atoms with Crippen LogP contribution in [0.25, 0.3) is 11.4 Å². The normalized spacial score (nSPS) is 14.2. The molecule has 0 saturated carbocycles. The van der Waals surface area contributed by atoms with Crippen molar-refractivity contribution in [2.75, 3.05) is 12.3 Å².